The molecule has 0 unspecified atom stereocenters. The second kappa shape index (κ2) is 5.62. The van der Waals surface area contributed by atoms with Crippen LogP contribution in [0.4, 0.5) is 0 Å². The molecule has 1 rings (SSSR count). The van der Waals surface area contributed by atoms with E-state index in [9.17, 15) is 13.2 Å². The summed E-state index contributed by atoms with van der Waals surface area (Å²) in [6.07, 6.45) is 0. The van der Waals surface area contributed by atoms with Crippen molar-refractivity contribution in [3.63, 3.8) is 0 Å². The minimum Gasteiger partial charge on any atom is -0.368 e. The summed E-state index contributed by atoms with van der Waals surface area (Å²) in [5.41, 5.74) is 5.95. The molecule has 0 heterocycles. The van der Waals surface area contributed by atoms with Gasteiger partial charge in [0.2, 0.25) is 15.9 Å². The van der Waals surface area contributed by atoms with Gasteiger partial charge in [0.05, 0.1) is 23.4 Å². The number of nitrogens with zero attached hydrogens (tertiary/aromatic N) is 1. The van der Waals surface area contributed by atoms with Crippen molar-refractivity contribution in [2.45, 2.75) is 18.7 Å². The van der Waals surface area contributed by atoms with Crippen molar-refractivity contribution in [1.82, 2.24) is 4.72 Å². The van der Waals surface area contributed by atoms with Crippen LogP contribution in [-0.4, -0.2) is 20.4 Å². The lowest BCUT2D eigenvalue weighted by Gasteiger charge is -2.10. The van der Waals surface area contributed by atoms with Crippen molar-refractivity contribution in [2.75, 3.05) is 0 Å². The molecule has 3 N–H and O–H groups in total. The molecule has 1 atom stereocenters. The topological polar surface area (TPSA) is 113 Å². The molecule has 6 nitrogen and oxygen atoms in total. The van der Waals surface area contributed by atoms with E-state index < -0.39 is 22.0 Å². The maximum absolute atomic E-state index is 11.7. The van der Waals surface area contributed by atoms with Gasteiger partial charge in [-0.1, -0.05) is 12.1 Å². The minimum atomic E-state index is -3.63. The van der Waals surface area contributed by atoms with Crippen molar-refractivity contribution in [3.8, 4) is 6.07 Å². The fourth-order valence-electron chi connectivity index (χ4n) is 1.26. The average Bonchev–Trinajstić information content (AvgIpc) is 2.28. The largest absolute Gasteiger partial charge is 0.368 e. The zero-order chi connectivity index (χ0) is 13.8. The Balaban J connectivity index is 2.76. The smallest absolute Gasteiger partial charge is 0.235 e. The van der Waals surface area contributed by atoms with E-state index in [4.69, 9.17) is 11.0 Å². The molecule has 0 bridgehead atoms. The fraction of sp³-hybridized carbons (Fsp3) is 0.273. The summed E-state index contributed by atoms with van der Waals surface area (Å²) >= 11 is 0. The second-order valence-electron chi connectivity index (χ2n) is 3.81. The molecular weight excluding hydrogens is 254 g/mol. The molecule has 1 amide bonds. The Morgan fingerprint density at radius 1 is 1.44 bits per heavy atom. The van der Waals surface area contributed by atoms with Gasteiger partial charge in [0.1, 0.15) is 0 Å². The maximum atomic E-state index is 11.7. The normalized spacial score (nSPS) is 12.7. The number of rotatable bonds is 5. The first kappa shape index (κ1) is 14.2. The third-order valence-corrected chi connectivity index (χ3v) is 3.65. The molecule has 0 radical (unpaired) electrons. The first-order valence-electron chi connectivity index (χ1n) is 5.12. The van der Waals surface area contributed by atoms with E-state index in [1.807, 2.05) is 6.07 Å². The highest BCUT2D eigenvalue weighted by atomic mass is 32.2. The molecule has 96 valence electrons. The van der Waals surface area contributed by atoms with Crippen molar-refractivity contribution in [2.24, 2.45) is 5.73 Å². The summed E-state index contributed by atoms with van der Waals surface area (Å²) in [6, 6.07) is 7.14. The summed E-state index contributed by atoms with van der Waals surface area (Å²) in [4.78, 5) is 10.8. The number of nitriles is 1. The van der Waals surface area contributed by atoms with Crippen LogP contribution in [0.3, 0.4) is 0 Å². The van der Waals surface area contributed by atoms with E-state index in [1.54, 1.807) is 12.1 Å². The van der Waals surface area contributed by atoms with Crippen LogP contribution in [0.1, 0.15) is 18.1 Å². The number of carbonyl (C=O) groups excluding carboxylic acids is 1. The number of benzene rings is 1. The van der Waals surface area contributed by atoms with Crippen LogP contribution in [0.2, 0.25) is 0 Å². The van der Waals surface area contributed by atoms with E-state index in [1.165, 1.54) is 19.1 Å². The average molecular weight is 267 g/mol. The van der Waals surface area contributed by atoms with Gasteiger partial charge >= 0.3 is 0 Å². The summed E-state index contributed by atoms with van der Waals surface area (Å²) in [5.74, 6) is -1.01. The van der Waals surface area contributed by atoms with E-state index in [0.717, 1.165) is 0 Å². The van der Waals surface area contributed by atoms with Crippen molar-refractivity contribution >= 4 is 15.9 Å². The lowest BCUT2D eigenvalue weighted by molar-refractivity contribution is -0.119. The SMILES string of the molecule is C[C@@H](NS(=O)(=O)Cc1ccc(C#N)cc1)C(N)=O. The number of carbonyl (C=O) groups is 1. The van der Waals surface area contributed by atoms with Gasteiger partial charge in [-0.3, -0.25) is 4.79 Å². The predicted octanol–water partition coefficient (Wildman–Crippen LogP) is -0.149. The van der Waals surface area contributed by atoms with Crippen molar-refractivity contribution in [3.05, 3.63) is 35.4 Å². The summed E-state index contributed by atoms with van der Waals surface area (Å²) in [6.45, 7) is 1.37. The van der Waals surface area contributed by atoms with Gasteiger partial charge in [-0.25, -0.2) is 13.1 Å². The van der Waals surface area contributed by atoms with E-state index in [0.29, 0.717) is 11.1 Å². The fourth-order valence-corrected chi connectivity index (χ4v) is 2.63. The van der Waals surface area contributed by atoms with Gasteiger partial charge < -0.3 is 5.73 Å². The van der Waals surface area contributed by atoms with Crippen LogP contribution in [-0.2, 0) is 20.6 Å². The molecular formula is C11H13N3O3S. The highest BCUT2D eigenvalue weighted by Gasteiger charge is 2.18. The molecule has 18 heavy (non-hydrogen) atoms. The number of primary amides is 1. The third kappa shape index (κ3) is 4.16. The summed E-state index contributed by atoms with van der Waals surface area (Å²) in [7, 11) is -3.63. The lowest BCUT2D eigenvalue weighted by Crippen LogP contribution is -2.42. The molecule has 0 aromatic heterocycles. The summed E-state index contributed by atoms with van der Waals surface area (Å²) in [5, 5.41) is 8.61. The Labute approximate surface area is 105 Å². The van der Waals surface area contributed by atoms with Gasteiger partial charge in [-0.05, 0) is 24.6 Å². The van der Waals surface area contributed by atoms with E-state index in [-0.39, 0.29) is 5.75 Å². The summed E-state index contributed by atoms with van der Waals surface area (Å²) < 4.78 is 25.5. The Hall–Kier alpha value is -1.91. The maximum Gasteiger partial charge on any atom is 0.235 e. The zero-order valence-electron chi connectivity index (χ0n) is 9.75. The number of hydrogen-bond donors (Lipinski definition) is 2. The van der Waals surface area contributed by atoms with Crippen molar-refractivity contribution in [1.29, 1.82) is 5.26 Å². The number of nitrogens with one attached hydrogen (secondary N) is 1. The van der Waals surface area contributed by atoms with E-state index >= 15 is 0 Å². The molecule has 0 aliphatic heterocycles. The van der Waals surface area contributed by atoms with Gasteiger partial charge in [0, 0.05) is 0 Å². The van der Waals surface area contributed by atoms with Gasteiger partial charge in [0.25, 0.3) is 0 Å². The molecule has 7 heteroatoms. The molecule has 1 aromatic rings. The minimum absolute atomic E-state index is 0.268. The predicted molar refractivity (Wildman–Crippen MR) is 65.6 cm³/mol. The van der Waals surface area contributed by atoms with Gasteiger partial charge in [-0.2, -0.15) is 5.26 Å². The van der Waals surface area contributed by atoms with E-state index in [2.05, 4.69) is 4.72 Å². The van der Waals surface area contributed by atoms with Crippen molar-refractivity contribution < 1.29 is 13.2 Å². The highest BCUT2D eigenvalue weighted by Crippen LogP contribution is 2.07. The Kier molecular flexibility index (Phi) is 4.42. The number of nitrogens with two attached hydrogens (primary N) is 1. The molecule has 0 saturated carbocycles. The zero-order valence-corrected chi connectivity index (χ0v) is 10.6. The molecule has 0 spiro atoms. The Bertz CT molecular complexity index is 573. The number of sulfonamides is 1. The van der Waals surface area contributed by atoms with Crippen LogP contribution in [0, 0.1) is 11.3 Å². The van der Waals surface area contributed by atoms with Gasteiger partial charge in [0.15, 0.2) is 0 Å². The standard InChI is InChI=1S/C11H13N3O3S/c1-8(11(13)15)14-18(16,17)7-10-4-2-9(6-12)3-5-10/h2-5,8,14H,7H2,1H3,(H2,13,15)/t8-/m1/s1. The van der Waals surface area contributed by atoms with Crippen LogP contribution in [0.5, 0.6) is 0 Å². The molecule has 0 saturated heterocycles. The Morgan fingerprint density at radius 2 is 2.00 bits per heavy atom. The first-order chi connectivity index (χ1) is 8.34. The second-order valence-corrected chi connectivity index (χ2v) is 5.56. The molecule has 0 aliphatic carbocycles. The monoisotopic (exact) mass is 267 g/mol. The molecule has 1 aromatic carbocycles. The quantitative estimate of drug-likeness (QED) is 0.772. The van der Waals surface area contributed by atoms with Crippen LogP contribution < -0.4 is 10.5 Å². The third-order valence-electron chi connectivity index (χ3n) is 2.22. The van der Waals surface area contributed by atoms with Crippen LogP contribution >= 0.6 is 0 Å². The molecule has 0 aliphatic rings. The highest BCUT2D eigenvalue weighted by molar-refractivity contribution is 7.88. The first-order valence-corrected chi connectivity index (χ1v) is 6.77. The van der Waals surface area contributed by atoms with Crippen LogP contribution in [0.25, 0.3) is 0 Å². The van der Waals surface area contributed by atoms with Crippen LogP contribution in [0.15, 0.2) is 24.3 Å². The number of amides is 1. The Morgan fingerprint density at radius 3 is 2.44 bits per heavy atom. The lowest BCUT2D eigenvalue weighted by atomic mass is 10.2. The number of hydrogen-bond acceptors (Lipinski definition) is 4. The molecule has 0 fully saturated rings. The van der Waals surface area contributed by atoms with Gasteiger partial charge in [-0.15, -0.1) is 0 Å².